The maximum absolute atomic E-state index is 13.8. The third kappa shape index (κ3) is 9.73. The van der Waals surface area contributed by atoms with Crippen LogP contribution in [0.4, 0.5) is 4.39 Å². The van der Waals surface area contributed by atoms with E-state index in [0.717, 1.165) is 17.7 Å². The average molecular weight is 414 g/mol. The summed E-state index contributed by atoms with van der Waals surface area (Å²) >= 11 is 0. The first-order valence-corrected chi connectivity index (χ1v) is 11.9. The minimum atomic E-state index is -0.932. The van der Waals surface area contributed by atoms with Gasteiger partial charge < -0.3 is 4.74 Å². The van der Waals surface area contributed by atoms with Gasteiger partial charge in [0.1, 0.15) is 18.5 Å². The Kier molecular flexibility index (Phi) is 11.5. The standard InChI is InChI=1S/C27H40FNO/c1-4-5-6-7-8-9-10-11-12-23-13-15-24(16-14-23)27-18-17-26(20-29-27)30-21-25(28)19-22(2)3/h13-18,20,22,25H,4-12,19,21H2,1-3H3. The highest BCUT2D eigenvalue weighted by molar-refractivity contribution is 5.59. The van der Waals surface area contributed by atoms with Gasteiger partial charge in [-0.1, -0.05) is 90.0 Å². The zero-order valence-electron chi connectivity index (χ0n) is 19.2. The van der Waals surface area contributed by atoms with Crippen LogP contribution in [0.1, 0.15) is 84.1 Å². The van der Waals surface area contributed by atoms with Crippen molar-refractivity contribution < 1.29 is 9.13 Å². The van der Waals surface area contributed by atoms with Gasteiger partial charge in [0.05, 0.1) is 11.9 Å². The fourth-order valence-corrected chi connectivity index (χ4v) is 3.71. The van der Waals surface area contributed by atoms with E-state index in [2.05, 4.69) is 36.2 Å². The Balaban J connectivity index is 1.71. The van der Waals surface area contributed by atoms with E-state index in [0.29, 0.717) is 18.1 Å². The number of aryl methyl sites for hydroxylation is 1. The summed E-state index contributed by atoms with van der Waals surface area (Å²) in [6, 6.07) is 12.5. The van der Waals surface area contributed by atoms with Gasteiger partial charge in [-0.25, -0.2) is 4.39 Å². The van der Waals surface area contributed by atoms with E-state index < -0.39 is 6.17 Å². The number of aromatic nitrogens is 1. The van der Waals surface area contributed by atoms with E-state index in [9.17, 15) is 4.39 Å². The van der Waals surface area contributed by atoms with Gasteiger partial charge in [0.25, 0.3) is 0 Å². The Labute approximate surface area is 183 Å². The molecule has 0 saturated heterocycles. The summed E-state index contributed by atoms with van der Waals surface area (Å²) in [5, 5.41) is 0. The van der Waals surface area contributed by atoms with Gasteiger partial charge in [-0.2, -0.15) is 0 Å². The monoisotopic (exact) mass is 413 g/mol. The van der Waals surface area contributed by atoms with Crippen LogP contribution in [0.15, 0.2) is 42.6 Å². The van der Waals surface area contributed by atoms with Crippen LogP contribution in [0.5, 0.6) is 5.75 Å². The minimum Gasteiger partial charge on any atom is -0.489 e. The molecule has 2 aromatic rings. The highest BCUT2D eigenvalue weighted by Gasteiger charge is 2.10. The lowest BCUT2D eigenvalue weighted by molar-refractivity contribution is 0.173. The molecule has 166 valence electrons. The van der Waals surface area contributed by atoms with E-state index in [4.69, 9.17) is 4.74 Å². The van der Waals surface area contributed by atoms with Crippen LogP contribution in [0.25, 0.3) is 11.3 Å². The summed E-state index contributed by atoms with van der Waals surface area (Å²) in [6.45, 7) is 6.39. The maximum Gasteiger partial charge on any atom is 0.137 e. The molecule has 3 heteroatoms. The van der Waals surface area contributed by atoms with Gasteiger partial charge in [-0.3, -0.25) is 4.98 Å². The summed E-state index contributed by atoms with van der Waals surface area (Å²) < 4.78 is 19.3. The zero-order chi connectivity index (χ0) is 21.6. The van der Waals surface area contributed by atoms with Gasteiger partial charge in [0.15, 0.2) is 0 Å². The van der Waals surface area contributed by atoms with Crippen molar-refractivity contribution in [2.45, 2.75) is 91.2 Å². The Morgan fingerprint density at radius 3 is 2.13 bits per heavy atom. The van der Waals surface area contributed by atoms with Crippen molar-refractivity contribution in [2.24, 2.45) is 5.92 Å². The molecule has 1 unspecified atom stereocenters. The molecule has 0 aliphatic rings. The van der Waals surface area contributed by atoms with Gasteiger partial charge in [-0.15, -0.1) is 0 Å². The first kappa shape index (κ1) is 24.4. The van der Waals surface area contributed by atoms with Gasteiger partial charge in [0, 0.05) is 5.56 Å². The molecule has 0 aliphatic carbocycles. The fraction of sp³-hybridized carbons (Fsp3) is 0.593. The molecular formula is C27H40FNO. The molecule has 0 saturated carbocycles. The second-order valence-corrected chi connectivity index (χ2v) is 8.84. The predicted molar refractivity (Wildman–Crippen MR) is 126 cm³/mol. The van der Waals surface area contributed by atoms with E-state index >= 15 is 0 Å². The third-order valence-corrected chi connectivity index (χ3v) is 5.46. The van der Waals surface area contributed by atoms with Gasteiger partial charge in [0.2, 0.25) is 0 Å². The molecule has 2 rings (SSSR count). The molecule has 1 aromatic carbocycles. The summed E-state index contributed by atoms with van der Waals surface area (Å²) in [5.74, 6) is 0.957. The minimum absolute atomic E-state index is 0.0899. The van der Waals surface area contributed by atoms with Crippen LogP contribution in [0.2, 0.25) is 0 Å². The number of hydrogen-bond donors (Lipinski definition) is 0. The second-order valence-electron chi connectivity index (χ2n) is 8.84. The van der Waals surface area contributed by atoms with Crippen molar-refractivity contribution >= 4 is 0 Å². The molecule has 0 aliphatic heterocycles. The lowest BCUT2D eigenvalue weighted by Crippen LogP contribution is -2.15. The van der Waals surface area contributed by atoms with Crippen LogP contribution in [-0.4, -0.2) is 17.8 Å². The number of alkyl halides is 1. The predicted octanol–water partition coefficient (Wildman–Crippen LogP) is 8.19. The highest BCUT2D eigenvalue weighted by Crippen LogP contribution is 2.21. The molecule has 0 radical (unpaired) electrons. The average Bonchev–Trinajstić information content (AvgIpc) is 2.74. The lowest BCUT2D eigenvalue weighted by Gasteiger charge is -2.12. The number of unbranched alkanes of at least 4 members (excludes halogenated alkanes) is 7. The molecule has 0 N–H and O–H groups in total. The van der Waals surface area contributed by atoms with E-state index in [1.165, 1.54) is 56.9 Å². The molecule has 0 fully saturated rings. The van der Waals surface area contributed by atoms with Crippen molar-refractivity contribution in [1.29, 1.82) is 0 Å². The Morgan fingerprint density at radius 2 is 1.53 bits per heavy atom. The third-order valence-electron chi connectivity index (χ3n) is 5.46. The zero-order valence-corrected chi connectivity index (χ0v) is 19.2. The number of nitrogens with zero attached hydrogens (tertiary/aromatic N) is 1. The van der Waals surface area contributed by atoms with Crippen LogP contribution < -0.4 is 4.74 Å². The number of halogens is 1. The van der Waals surface area contributed by atoms with Crippen LogP contribution in [0, 0.1) is 5.92 Å². The maximum atomic E-state index is 13.8. The Morgan fingerprint density at radius 1 is 0.867 bits per heavy atom. The Bertz CT molecular complexity index is 681. The van der Waals surface area contributed by atoms with Crippen LogP contribution in [-0.2, 0) is 6.42 Å². The number of benzene rings is 1. The SMILES string of the molecule is CCCCCCCCCCc1ccc(-c2ccc(OCC(F)CC(C)C)cn2)cc1. The van der Waals surface area contributed by atoms with Crippen molar-refractivity contribution in [3.8, 4) is 17.0 Å². The molecule has 1 heterocycles. The second kappa shape index (κ2) is 14.2. The summed E-state index contributed by atoms with van der Waals surface area (Å²) in [6.07, 6.45) is 13.3. The molecule has 2 nitrogen and oxygen atoms in total. The van der Waals surface area contributed by atoms with Crippen LogP contribution in [0.3, 0.4) is 0 Å². The molecular weight excluding hydrogens is 373 g/mol. The summed E-state index contributed by atoms with van der Waals surface area (Å²) in [5.41, 5.74) is 3.41. The van der Waals surface area contributed by atoms with Crippen molar-refractivity contribution in [1.82, 2.24) is 4.98 Å². The summed E-state index contributed by atoms with van der Waals surface area (Å²) in [7, 11) is 0. The van der Waals surface area contributed by atoms with E-state index in [1.54, 1.807) is 6.20 Å². The van der Waals surface area contributed by atoms with Gasteiger partial charge in [-0.05, 0) is 42.9 Å². The topological polar surface area (TPSA) is 22.1 Å². The highest BCUT2D eigenvalue weighted by atomic mass is 19.1. The molecule has 30 heavy (non-hydrogen) atoms. The van der Waals surface area contributed by atoms with Crippen molar-refractivity contribution in [3.63, 3.8) is 0 Å². The molecule has 1 atom stereocenters. The number of hydrogen-bond acceptors (Lipinski definition) is 2. The van der Waals surface area contributed by atoms with Gasteiger partial charge >= 0.3 is 0 Å². The first-order chi connectivity index (χ1) is 14.6. The molecule has 0 bridgehead atoms. The smallest absolute Gasteiger partial charge is 0.137 e. The van der Waals surface area contributed by atoms with Crippen molar-refractivity contribution in [3.05, 3.63) is 48.2 Å². The molecule has 1 aromatic heterocycles. The summed E-state index contributed by atoms with van der Waals surface area (Å²) in [4.78, 5) is 4.49. The fourth-order valence-electron chi connectivity index (χ4n) is 3.71. The number of rotatable bonds is 15. The Hall–Kier alpha value is -1.90. The first-order valence-electron chi connectivity index (χ1n) is 11.9. The van der Waals surface area contributed by atoms with Crippen LogP contribution >= 0.6 is 0 Å². The number of ether oxygens (including phenoxy) is 1. The molecule has 0 spiro atoms. The van der Waals surface area contributed by atoms with Crippen molar-refractivity contribution in [2.75, 3.05) is 6.61 Å². The lowest BCUT2D eigenvalue weighted by atomic mass is 10.0. The molecule has 0 amide bonds. The number of pyridine rings is 1. The quantitative estimate of drug-likeness (QED) is 0.275. The normalized spacial score (nSPS) is 12.3. The van der Waals surface area contributed by atoms with E-state index in [-0.39, 0.29) is 6.61 Å². The largest absolute Gasteiger partial charge is 0.489 e. The van der Waals surface area contributed by atoms with E-state index in [1.807, 2.05) is 26.0 Å².